The molecule has 3 heteroatoms. The number of hydrogen-bond acceptors (Lipinski definition) is 2. The van der Waals surface area contributed by atoms with Gasteiger partial charge in [-0.3, -0.25) is 0 Å². The lowest BCUT2D eigenvalue weighted by Crippen LogP contribution is -2.26. The van der Waals surface area contributed by atoms with Crippen molar-refractivity contribution in [2.24, 2.45) is 0 Å². The zero-order valence-electron chi connectivity index (χ0n) is 10.8. The molecule has 1 aromatic carbocycles. The standard InChI is InChI=1S/C15H22BrNO/c16-9-4-1-5-10-17-12-13-8-11-18-15-7-3-2-6-14(13)15/h2-3,6-7,13,17H,1,4-5,8-12H2. The van der Waals surface area contributed by atoms with Gasteiger partial charge >= 0.3 is 0 Å². The van der Waals surface area contributed by atoms with Gasteiger partial charge in [-0.15, -0.1) is 0 Å². The first-order chi connectivity index (χ1) is 8.92. The van der Waals surface area contributed by atoms with E-state index in [4.69, 9.17) is 4.74 Å². The van der Waals surface area contributed by atoms with Crippen molar-refractivity contribution in [2.75, 3.05) is 25.0 Å². The topological polar surface area (TPSA) is 21.3 Å². The van der Waals surface area contributed by atoms with E-state index in [0.29, 0.717) is 5.92 Å². The molecule has 0 saturated heterocycles. The van der Waals surface area contributed by atoms with Gasteiger partial charge in [0.15, 0.2) is 0 Å². The largest absolute Gasteiger partial charge is 0.493 e. The van der Waals surface area contributed by atoms with E-state index in [1.807, 2.05) is 0 Å². The van der Waals surface area contributed by atoms with Gasteiger partial charge < -0.3 is 10.1 Å². The summed E-state index contributed by atoms with van der Waals surface area (Å²) in [6.07, 6.45) is 4.99. The maximum absolute atomic E-state index is 5.68. The average molecular weight is 312 g/mol. The predicted octanol–water partition coefficient (Wildman–Crippen LogP) is 3.71. The van der Waals surface area contributed by atoms with E-state index in [2.05, 4.69) is 45.5 Å². The molecule has 0 aromatic heterocycles. The van der Waals surface area contributed by atoms with Crippen LogP contribution < -0.4 is 10.1 Å². The van der Waals surface area contributed by atoms with Crippen LogP contribution >= 0.6 is 15.9 Å². The zero-order valence-corrected chi connectivity index (χ0v) is 12.4. The minimum atomic E-state index is 0.617. The number of halogens is 1. The Labute approximate surface area is 118 Å². The second kappa shape index (κ2) is 7.80. The number of rotatable bonds is 7. The zero-order chi connectivity index (χ0) is 12.6. The minimum Gasteiger partial charge on any atom is -0.493 e. The van der Waals surface area contributed by atoms with Crippen molar-refractivity contribution in [3.05, 3.63) is 29.8 Å². The van der Waals surface area contributed by atoms with Crippen LogP contribution in [0.2, 0.25) is 0 Å². The third-order valence-electron chi connectivity index (χ3n) is 3.46. The molecule has 0 aliphatic carbocycles. The van der Waals surface area contributed by atoms with Crippen molar-refractivity contribution in [1.82, 2.24) is 5.32 Å². The van der Waals surface area contributed by atoms with Crippen molar-refractivity contribution < 1.29 is 4.74 Å². The van der Waals surface area contributed by atoms with Crippen LogP contribution in [0.1, 0.15) is 37.2 Å². The van der Waals surface area contributed by atoms with Crippen molar-refractivity contribution in [1.29, 1.82) is 0 Å². The van der Waals surface area contributed by atoms with Crippen LogP contribution in [0.3, 0.4) is 0 Å². The van der Waals surface area contributed by atoms with Crippen molar-refractivity contribution >= 4 is 15.9 Å². The monoisotopic (exact) mass is 311 g/mol. The Morgan fingerprint density at radius 3 is 3.00 bits per heavy atom. The molecule has 1 aromatic rings. The number of alkyl halides is 1. The maximum atomic E-state index is 5.68. The summed E-state index contributed by atoms with van der Waals surface area (Å²) < 4.78 is 5.68. The van der Waals surface area contributed by atoms with Crippen molar-refractivity contribution in [3.63, 3.8) is 0 Å². The molecule has 1 unspecified atom stereocenters. The molecule has 0 saturated carbocycles. The van der Waals surface area contributed by atoms with Crippen LogP contribution in [0.25, 0.3) is 0 Å². The fourth-order valence-corrected chi connectivity index (χ4v) is 2.82. The third kappa shape index (κ3) is 3.99. The molecular formula is C15H22BrNO. The highest BCUT2D eigenvalue weighted by Crippen LogP contribution is 2.32. The predicted molar refractivity (Wildman–Crippen MR) is 79.8 cm³/mol. The van der Waals surface area contributed by atoms with Crippen LogP contribution in [0.4, 0.5) is 0 Å². The smallest absolute Gasteiger partial charge is 0.122 e. The van der Waals surface area contributed by atoms with E-state index in [-0.39, 0.29) is 0 Å². The van der Waals surface area contributed by atoms with Gasteiger partial charge in [-0.05, 0) is 37.4 Å². The Morgan fingerprint density at radius 2 is 2.11 bits per heavy atom. The van der Waals surface area contributed by atoms with Gasteiger partial charge in [-0.2, -0.15) is 0 Å². The van der Waals surface area contributed by atoms with Crippen LogP contribution in [-0.2, 0) is 0 Å². The number of ether oxygens (including phenoxy) is 1. The third-order valence-corrected chi connectivity index (χ3v) is 4.02. The van der Waals surface area contributed by atoms with Crippen LogP contribution in [0, 0.1) is 0 Å². The minimum absolute atomic E-state index is 0.617. The lowest BCUT2D eigenvalue weighted by molar-refractivity contribution is 0.264. The number of nitrogens with one attached hydrogen (secondary N) is 1. The highest BCUT2D eigenvalue weighted by molar-refractivity contribution is 9.09. The second-order valence-corrected chi connectivity index (χ2v) is 5.62. The van der Waals surface area contributed by atoms with Gasteiger partial charge in [-0.1, -0.05) is 40.5 Å². The molecule has 1 N–H and O–H groups in total. The second-order valence-electron chi connectivity index (χ2n) is 4.83. The van der Waals surface area contributed by atoms with E-state index in [9.17, 15) is 0 Å². The van der Waals surface area contributed by atoms with Crippen molar-refractivity contribution in [2.45, 2.75) is 31.6 Å². The lowest BCUT2D eigenvalue weighted by atomic mass is 9.93. The Morgan fingerprint density at radius 1 is 1.22 bits per heavy atom. The summed E-state index contributed by atoms with van der Waals surface area (Å²) in [5, 5.41) is 4.71. The molecule has 0 fully saturated rings. The van der Waals surface area contributed by atoms with Crippen LogP contribution in [0.15, 0.2) is 24.3 Å². The van der Waals surface area contributed by atoms with Gasteiger partial charge in [0, 0.05) is 17.8 Å². The van der Waals surface area contributed by atoms with Crippen LogP contribution in [-0.4, -0.2) is 25.0 Å². The van der Waals surface area contributed by atoms with E-state index in [1.165, 1.54) is 24.8 Å². The van der Waals surface area contributed by atoms with E-state index >= 15 is 0 Å². The number of fused-ring (bicyclic) bond motifs is 1. The molecule has 2 rings (SSSR count). The summed E-state index contributed by atoms with van der Waals surface area (Å²) in [4.78, 5) is 0. The molecule has 0 spiro atoms. The summed E-state index contributed by atoms with van der Waals surface area (Å²) in [5.41, 5.74) is 1.37. The molecular weight excluding hydrogens is 290 g/mol. The molecule has 1 aliphatic rings. The fraction of sp³-hybridized carbons (Fsp3) is 0.600. The molecule has 1 heterocycles. The Hall–Kier alpha value is -0.540. The highest BCUT2D eigenvalue weighted by Gasteiger charge is 2.20. The molecule has 18 heavy (non-hydrogen) atoms. The molecule has 1 aliphatic heterocycles. The average Bonchev–Trinajstić information content (AvgIpc) is 2.43. The SMILES string of the molecule is BrCCCCCNCC1CCOc2ccccc21. The van der Waals surface area contributed by atoms with Gasteiger partial charge in [0.1, 0.15) is 5.75 Å². The number of benzene rings is 1. The van der Waals surface area contributed by atoms with Gasteiger partial charge in [0.2, 0.25) is 0 Å². The van der Waals surface area contributed by atoms with Gasteiger partial charge in [-0.25, -0.2) is 0 Å². The fourth-order valence-electron chi connectivity index (χ4n) is 2.43. The van der Waals surface area contributed by atoms with E-state index < -0.39 is 0 Å². The summed E-state index contributed by atoms with van der Waals surface area (Å²) in [6, 6.07) is 8.44. The first kappa shape index (κ1) is 13.9. The lowest BCUT2D eigenvalue weighted by Gasteiger charge is -2.26. The molecule has 0 bridgehead atoms. The first-order valence-electron chi connectivity index (χ1n) is 6.90. The summed E-state index contributed by atoms with van der Waals surface area (Å²) in [7, 11) is 0. The van der Waals surface area contributed by atoms with Crippen molar-refractivity contribution in [3.8, 4) is 5.75 Å². The molecule has 100 valence electrons. The number of hydrogen-bond donors (Lipinski definition) is 1. The van der Waals surface area contributed by atoms with E-state index in [1.54, 1.807) is 0 Å². The van der Waals surface area contributed by atoms with E-state index in [0.717, 1.165) is 37.2 Å². The normalized spacial score (nSPS) is 18.2. The van der Waals surface area contributed by atoms with Gasteiger partial charge in [0.05, 0.1) is 6.61 Å². The molecule has 1 atom stereocenters. The summed E-state index contributed by atoms with van der Waals surface area (Å²) >= 11 is 3.46. The Bertz CT molecular complexity index is 356. The molecule has 2 nitrogen and oxygen atoms in total. The summed E-state index contributed by atoms with van der Waals surface area (Å²) in [6.45, 7) is 3.06. The maximum Gasteiger partial charge on any atom is 0.122 e. The number of unbranched alkanes of at least 4 members (excludes halogenated alkanes) is 2. The van der Waals surface area contributed by atoms with Crippen LogP contribution in [0.5, 0.6) is 5.75 Å². The Balaban J connectivity index is 1.74. The quantitative estimate of drug-likeness (QED) is 0.612. The highest BCUT2D eigenvalue weighted by atomic mass is 79.9. The first-order valence-corrected chi connectivity index (χ1v) is 8.02. The summed E-state index contributed by atoms with van der Waals surface area (Å²) in [5.74, 6) is 1.70. The Kier molecular flexibility index (Phi) is 6.01. The number of para-hydroxylation sites is 1. The van der Waals surface area contributed by atoms with Gasteiger partial charge in [0.25, 0.3) is 0 Å². The molecule has 0 amide bonds. The molecule has 0 radical (unpaired) electrons.